The second-order valence-electron chi connectivity index (χ2n) is 9.23. The summed E-state index contributed by atoms with van der Waals surface area (Å²) < 4.78 is 0. The SMILES string of the molecule is O=C1SC(=Cc2ccc(N3N=C(c4ccccc4)CC3c3ccccc3)cc2)C(=S)N1Cc1ccccc1. The van der Waals surface area contributed by atoms with Crippen LogP contribution < -0.4 is 5.01 Å². The normalized spacial score (nSPS) is 18.4. The van der Waals surface area contributed by atoms with Gasteiger partial charge in [0.25, 0.3) is 5.24 Å². The molecule has 4 aromatic carbocycles. The second kappa shape index (κ2) is 10.8. The molecule has 4 nitrogen and oxygen atoms in total. The predicted molar refractivity (Wildman–Crippen MR) is 161 cm³/mol. The van der Waals surface area contributed by atoms with Gasteiger partial charge in [-0.2, -0.15) is 5.10 Å². The first-order valence-corrected chi connectivity index (χ1v) is 13.7. The molecule has 1 unspecified atom stereocenters. The van der Waals surface area contributed by atoms with E-state index in [-0.39, 0.29) is 11.3 Å². The summed E-state index contributed by atoms with van der Waals surface area (Å²) in [5.41, 5.74) is 6.54. The number of rotatable bonds is 6. The largest absolute Gasteiger partial charge is 0.291 e. The first-order valence-electron chi connectivity index (χ1n) is 12.5. The molecule has 0 spiro atoms. The predicted octanol–water partition coefficient (Wildman–Crippen LogP) is 8.08. The van der Waals surface area contributed by atoms with E-state index in [1.54, 1.807) is 4.90 Å². The zero-order valence-corrected chi connectivity index (χ0v) is 22.2. The van der Waals surface area contributed by atoms with Gasteiger partial charge in [0, 0.05) is 6.42 Å². The Balaban J connectivity index is 1.24. The minimum atomic E-state index is -0.0349. The molecule has 1 atom stereocenters. The molecule has 2 aliphatic rings. The number of thioether (sulfide) groups is 1. The molecule has 1 fully saturated rings. The first-order chi connectivity index (χ1) is 18.7. The van der Waals surface area contributed by atoms with Gasteiger partial charge >= 0.3 is 0 Å². The van der Waals surface area contributed by atoms with E-state index in [0.717, 1.165) is 39.4 Å². The Labute approximate surface area is 232 Å². The van der Waals surface area contributed by atoms with Crippen LogP contribution in [-0.4, -0.2) is 20.8 Å². The average Bonchev–Trinajstić information content (AvgIpc) is 3.53. The second-order valence-corrected chi connectivity index (χ2v) is 10.6. The van der Waals surface area contributed by atoms with Crippen molar-refractivity contribution >= 4 is 51.7 Å². The van der Waals surface area contributed by atoms with Crippen LogP contribution >= 0.6 is 24.0 Å². The first kappa shape index (κ1) is 24.3. The monoisotopic (exact) mass is 531 g/mol. The van der Waals surface area contributed by atoms with Crippen molar-refractivity contribution in [3.05, 3.63) is 142 Å². The molecule has 186 valence electrons. The van der Waals surface area contributed by atoms with Crippen molar-refractivity contribution in [2.24, 2.45) is 5.10 Å². The summed E-state index contributed by atoms with van der Waals surface area (Å²) in [6, 6.07) is 39.2. The maximum Gasteiger partial charge on any atom is 0.291 e. The molecule has 2 heterocycles. The smallest absolute Gasteiger partial charge is 0.288 e. The number of anilines is 1. The van der Waals surface area contributed by atoms with Crippen LogP contribution in [0.1, 0.15) is 34.7 Å². The quantitative estimate of drug-likeness (QED) is 0.186. The molecule has 1 saturated heterocycles. The molecule has 0 saturated carbocycles. The van der Waals surface area contributed by atoms with Gasteiger partial charge in [0.15, 0.2) is 0 Å². The molecule has 0 bridgehead atoms. The number of nitrogens with zero attached hydrogens (tertiary/aromatic N) is 3. The van der Waals surface area contributed by atoms with E-state index in [1.165, 1.54) is 17.3 Å². The zero-order valence-electron chi connectivity index (χ0n) is 20.6. The minimum Gasteiger partial charge on any atom is -0.288 e. The van der Waals surface area contributed by atoms with Crippen molar-refractivity contribution < 1.29 is 4.79 Å². The molecule has 0 aromatic heterocycles. The van der Waals surface area contributed by atoms with E-state index in [4.69, 9.17) is 17.3 Å². The van der Waals surface area contributed by atoms with E-state index >= 15 is 0 Å². The molecular formula is C32H25N3OS2. The Morgan fingerprint density at radius 2 is 1.47 bits per heavy atom. The zero-order chi connectivity index (χ0) is 25.9. The molecule has 4 aromatic rings. The number of carbonyl (C=O) groups is 1. The number of hydrogen-bond acceptors (Lipinski definition) is 5. The van der Waals surface area contributed by atoms with Crippen molar-refractivity contribution in [2.45, 2.75) is 19.0 Å². The summed E-state index contributed by atoms with van der Waals surface area (Å²) in [6.45, 7) is 0.485. The summed E-state index contributed by atoms with van der Waals surface area (Å²) in [4.78, 5) is 15.7. The lowest BCUT2D eigenvalue weighted by Crippen LogP contribution is -2.26. The summed E-state index contributed by atoms with van der Waals surface area (Å²) in [6.07, 6.45) is 2.83. The Morgan fingerprint density at radius 3 is 2.16 bits per heavy atom. The highest BCUT2D eigenvalue weighted by molar-refractivity contribution is 8.19. The number of carbonyl (C=O) groups excluding carboxylic acids is 1. The van der Waals surface area contributed by atoms with Gasteiger partial charge < -0.3 is 0 Å². The Kier molecular flexibility index (Phi) is 6.90. The maximum atomic E-state index is 12.7. The summed E-state index contributed by atoms with van der Waals surface area (Å²) in [5.74, 6) is 0. The van der Waals surface area contributed by atoms with E-state index in [2.05, 4.69) is 77.8 Å². The van der Waals surface area contributed by atoms with Crippen molar-refractivity contribution in [2.75, 3.05) is 5.01 Å². The van der Waals surface area contributed by atoms with E-state index in [1.807, 2.05) is 48.5 Å². The van der Waals surface area contributed by atoms with Crippen LogP contribution in [0.5, 0.6) is 0 Å². The summed E-state index contributed by atoms with van der Waals surface area (Å²) >= 11 is 6.86. The van der Waals surface area contributed by atoms with Gasteiger partial charge in [-0.1, -0.05) is 115 Å². The van der Waals surface area contributed by atoms with Gasteiger partial charge in [0.05, 0.1) is 28.9 Å². The lowest BCUT2D eigenvalue weighted by molar-refractivity contribution is 0.244. The third-order valence-electron chi connectivity index (χ3n) is 6.71. The van der Waals surface area contributed by atoms with Crippen LogP contribution in [0.4, 0.5) is 10.5 Å². The van der Waals surface area contributed by atoms with Crippen molar-refractivity contribution in [1.29, 1.82) is 0 Å². The van der Waals surface area contributed by atoms with E-state index in [0.29, 0.717) is 11.5 Å². The molecular weight excluding hydrogens is 507 g/mol. The number of amides is 1. The Bertz CT molecular complexity index is 1520. The topological polar surface area (TPSA) is 35.9 Å². The van der Waals surface area contributed by atoms with Crippen LogP contribution in [0.15, 0.2) is 125 Å². The molecule has 38 heavy (non-hydrogen) atoms. The highest BCUT2D eigenvalue weighted by atomic mass is 32.2. The van der Waals surface area contributed by atoms with Gasteiger partial charge in [0.1, 0.15) is 4.99 Å². The highest BCUT2D eigenvalue weighted by Gasteiger charge is 2.32. The summed E-state index contributed by atoms with van der Waals surface area (Å²) in [7, 11) is 0. The minimum absolute atomic E-state index is 0.0349. The third kappa shape index (κ3) is 5.05. The van der Waals surface area contributed by atoms with Crippen molar-refractivity contribution in [3.63, 3.8) is 0 Å². The number of thiocarbonyl (C=S) groups is 1. The number of benzene rings is 4. The van der Waals surface area contributed by atoms with Crippen LogP contribution in [0.3, 0.4) is 0 Å². The average molecular weight is 532 g/mol. The van der Waals surface area contributed by atoms with Crippen LogP contribution in [0.2, 0.25) is 0 Å². The van der Waals surface area contributed by atoms with Gasteiger partial charge in [0.2, 0.25) is 0 Å². The molecule has 6 heteroatoms. The summed E-state index contributed by atoms with van der Waals surface area (Å²) in [5, 5.41) is 7.13. The van der Waals surface area contributed by atoms with Crippen LogP contribution in [0, 0.1) is 0 Å². The fourth-order valence-corrected chi connectivity index (χ4v) is 6.00. The molecule has 0 radical (unpaired) electrons. The molecule has 0 N–H and O–H groups in total. The lowest BCUT2D eigenvalue weighted by Gasteiger charge is -2.24. The number of hydrogen-bond donors (Lipinski definition) is 0. The molecule has 2 aliphatic heterocycles. The van der Waals surface area contributed by atoms with Gasteiger partial charge in [-0.3, -0.25) is 14.7 Å². The Morgan fingerprint density at radius 1 is 0.842 bits per heavy atom. The fourth-order valence-electron chi connectivity index (χ4n) is 4.77. The van der Waals surface area contributed by atoms with Crippen molar-refractivity contribution in [1.82, 2.24) is 4.90 Å². The highest BCUT2D eigenvalue weighted by Crippen LogP contribution is 2.38. The lowest BCUT2D eigenvalue weighted by atomic mass is 9.98. The van der Waals surface area contributed by atoms with Crippen LogP contribution in [-0.2, 0) is 6.54 Å². The van der Waals surface area contributed by atoms with E-state index < -0.39 is 0 Å². The van der Waals surface area contributed by atoms with Gasteiger partial charge in [-0.25, -0.2) is 0 Å². The number of hydrazone groups is 1. The molecule has 6 rings (SSSR count). The Hall–Kier alpha value is -4.00. The molecule has 0 aliphatic carbocycles. The van der Waals surface area contributed by atoms with Crippen molar-refractivity contribution in [3.8, 4) is 0 Å². The van der Waals surface area contributed by atoms with Crippen LogP contribution in [0.25, 0.3) is 6.08 Å². The van der Waals surface area contributed by atoms with Gasteiger partial charge in [-0.05, 0) is 52.2 Å². The fraction of sp³-hybridized carbons (Fsp3) is 0.0938. The molecule has 1 amide bonds. The van der Waals surface area contributed by atoms with E-state index in [9.17, 15) is 4.79 Å². The van der Waals surface area contributed by atoms with Gasteiger partial charge in [-0.15, -0.1) is 0 Å². The maximum absolute atomic E-state index is 12.7. The third-order valence-corrected chi connectivity index (χ3v) is 8.21. The standard InChI is InChI=1S/C32H25N3OS2/c36-32-34(22-24-10-4-1-5-11-24)31(37)30(38-32)20-23-16-18-27(19-17-23)35-29(26-14-8-3-9-15-26)21-28(33-35)25-12-6-2-7-13-25/h1-20,29H,21-22H2.